The van der Waals surface area contributed by atoms with E-state index in [9.17, 15) is 4.79 Å². The van der Waals surface area contributed by atoms with Gasteiger partial charge in [0.2, 0.25) is 5.91 Å². The first kappa shape index (κ1) is 10.2. The van der Waals surface area contributed by atoms with Crippen molar-refractivity contribution < 1.29 is 4.79 Å². The van der Waals surface area contributed by atoms with Crippen LogP contribution in [-0.2, 0) is 10.2 Å². The summed E-state index contributed by atoms with van der Waals surface area (Å²) < 4.78 is 0. The summed E-state index contributed by atoms with van der Waals surface area (Å²) in [6.45, 7) is 5.51. The van der Waals surface area contributed by atoms with Gasteiger partial charge in [0.05, 0.1) is 0 Å². The van der Waals surface area contributed by atoms with Crippen molar-refractivity contribution in [1.29, 1.82) is 0 Å². The van der Waals surface area contributed by atoms with Crippen LogP contribution in [0.25, 0.3) is 0 Å². The van der Waals surface area contributed by atoms with E-state index in [4.69, 9.17) is 0 Å². The molecular formula is C11H17N3O. The highest BCUT2D eigenvalue weighted by Gasteiger charge is 2.34. The summed E-state index contributed by atoms with van der Waals surface area (Å²) in [6.07, 6.45) is 3.95. The first-order valence-corrected chi connectivity index (χ1v) is 5.37. The van der Waals surface area contributed by atoms with Crippen molar-refractivity contribution in [2.45, 2.75) is 32.1 Å². The third kappa shape index (κ3) is 1.89. The Bertz CT molecular complexity index is 347. The van der Waals surface area contributed by atoms with E-state index in [-0.39, 0.29) is 11.3 Å². The first-order chi connectivity index (χ1) is 7.12. The van der Waals surface area contributed by atoms with Gasteiger partial charge < -0.3 is 4.90 Å². The predicted molar refractivity (Wildman–Crippen MR) is 57.4 cm³/mol. The van der Waals surface area contributed by atoms with Crippen molar-refractivity contribution in [2.75, 3.05) is 13.1 Å². The van der Waals surface area contributed by atoms with Crippen LogP contribution in [0, 0.1) is 0 Å². The molecule has 0 aliphatic carbocycles. The minimum absolute atomic E-state index is 0.0421. The predicted octanol–water partition coefficient (Wildman–Crippen LogP) is 1.31. The maximum Gasteiger partial charge on any atom is 0.219 e. The number of hydrogen-bond donors (Lipinski definition) is 1. The number of carbonyl (C=O) groups is 1. The number of likely N-dealkylation sites (tertiary alicyclic amines) is 1. The SMILES string of the molecule is CC(=O)N1CCC[C@](C)(c2ccn[nH]2)C1. The van der Waals surface area contributed by atoms with Gasteiger partial charge in [0, 0.05) is 37.3 Å². The second-order valence-electron chi connectivity index (χ2n) is 4.58. The average molecular weight is 207 g/mol. The quantitative estimate of drug-likeness (QED) is 0.754. The molecular weight excluding hydrogens is 190 g/mol. The summed E-state index contributed by atoms with van der Waals surface area (Å²) in [5.41, 5.74) is 1.17. The summed E-state index contributed by atoms with van der Waals surface area (Å²) >= 11 is 0. The third-order valence-electron chi connectivity index (χ3n) is 3.29. The molecule has 4 nitrogen and oxygen atoms in total. The van der Waals surface area contributed by atoms with Crippen LogP contribution in [0.2, 0.25) is 0 Å². The van der Waals surface area contributed by atoms with Crippen molar-refractivity contribution in [2.24, 2.45) is 0 Å². The number of hydrogen-bond acceptors (Lipinski definition) is 2. The number of amides is 1. The fourth-order valence-corrected chi connectivity index (χ4v) is 2.32. The number of aromatic nitrogens is 2. The van der Waals surface area contributed by atoms with Gasteiger partial charge in [-0.3, -0.25) is 9.89 Å². The summed E-state index contributed by atoms with van der Waals surface area (Å²) in [6, 6.07) is 2.00. The van der Waals surface area contributed by atoms with Crippen molar-refractivity contribution in [1.82, 2.24) is 15.1 Å². The zero-order valence-electron chi connectivity index (χ0n) is 9.29. The molecule has 0 bridgehead atoms. The van der Waals surface area contributed by atoms with Gasteiger partial charge in [-0.25, -0.2) is 0 Å². The summed E-state index contributed by atoms with van der Waals surface area (Å²) in [5, 5.41) is 7.00. The molecule has 0 radical (unpaired) electrons. The monoisotopic (exact) mass is 207 g/mol. The fraction of sp³-hybridized carbons (Fsp3) is 0.636. The average Bonchev–Trinajstić information content (AvgIpc) is 2.71. The molecule has 1 aliphatic rings. The van der Waals surface area contributed by atoms with Crippen molar-refractivity contribution in [3.8, 4) is 0 Å². The molecule has 82 valence electrons. The van der Waals surface area contributed by atoms with Crippen LogP contribution in [0.4, 0.5) is 0 Å². The molecule has 2 heterocycles. The largest absolute Gasteiger partial charge is 0.342 e. The number of carbonyl (C=O) groups excluding carboxylic acids is 1. The van der Waals surface area contributed by atoms with Gasteiger partial charge in [-0.1, -0.05) is 6.92 Å². The van der Waals surface area contributed by atoms with E-state index in [2.05, 4.69) is 17.1 Å². The molecule has 0 spiro atoms. The van der Waals surface area contributed by atoms with Crippen LogP contribution in [0.5, 0.6) is 0 Å². The van der Waals surface area contributed by atoms with Gasteiger partial charge >= 0.3 is 0 Å². The molecule has 1 atom stereocenters. The number of nitrogens with one attached hydrogen (secondary N) is 1. The smallest absolute Gasteiger partial charge is 0.219 e. The van der Waals surface area contributed by atoms with E-state index in [1.54, 1.807) is 13.1 Å². The van der Waals surface area contributed by atoms with Crippen molar-refractivity contribution in [3.63, 3.8) is 0 Å². The highest BCUT2D eigenvalue weighted by Crippen LogP contribution is 2.32. The molecule has 0 unspecified atom stereocenters. The molecule has 1 N–H and O–H groups in total. The Balaban J connectivity index is 2.18. The van der Waals surface area contributed by atoms with Crippen LogP contribution in [0.3, 0.4) is 0 Å². The summed E-state index contributed by atoms with van der Waals surface area (Å²) in [4.78, 5) is 13.3. The molecule has 0 saturated carbocycles. The number of aromatic amines is 1. The van der Waals surface area contributed by atoms with E-state index >= 15 is 0 Å². The molecule has 1 amide bonds. The Hall–Kier alpha value is -1.32. The fourth-order valence-electron chi connectivity index (χ4n) is 2.32. The van der Waals surface area contributed by atoms with Crippen LogP contribution >= 0.6 is 0 Å². The summed E-state index contributed by atoms with van der Waals surface area (Å²) in [7, 11) is 0. The van der Waals surface area contributed by atoms with Crippen LogP contribution in [0.15, 0.2) is 12.3 Å². The number of H-pyrrole nitrogens is 1. The summed E-state index contributed by atoms with van der Waals surface area (Å²) in [5.74, 6) is 0.167. The normalized spacial score (nSPS) is 26.7. The minimum Gasteiger partial charge on any atom is -0.342 e. The maximum atomic E-state index is 11.4. The lowest BCUT2D eigenvalue weighted by molar-refractivity contribution is -0.130. The molecule has 15 heavy (non-hydrogen) atoms. The van der Waals surface area contributed by atoms with Crippen LogP contribution in [0.1, 0.15) is 32.4 Å². The second-order valence-corrected chi connectivity index (χ2v) is 4.58. The standard InChI is InChI=1S/C11H17N3O/c1-9(15)14-7-3-5-11(2,8-14)10-4-6-12-13-10/h4,6H,3,5,7-8H2,1-2H3,(H,12,13)/t11-/m0/s1. The third-order valence-corrected chi connectivity index (χ3v) is 3.29. The highest BCUT2D eigenvalue weighted by molar-refractivity contribution is 5.73. The van der Waals surface area contributed by atoms with E-state index in [1.165, 1.54) is 0 Å². The molecule has 1 aromatic rings. The Morgan fingerprint density at radius 1 is 1.67 bits per heavy atom. The molecule has 1 aliphatic heterocycles. The Morgan fingerprint density at radius 3 is 3.07 bits per heavy atom. The Kier molecular flexibility index (Phi) is 2.50. The first-order valence-electron chi connectivity index (χ1n) is 5.37. The minimum atomic E-state index is 0.0421. The lowest BCUT2D eigenvalue weighted by atomic mass is 9.79. The molecule has 1 aromatic heterocycles. The topological polar surface area (TPSA) is 49.0 Å². The number of piperidine rings is 1. The number of rotatable bonds is 1. The van der Waals surface area contributed by atoms with Gasteiger partial charge in [-0.05, 0) is 18.9 Å². The Morgan fingerprint density at radius 2 is 2.47 bits per heavy atom. The second kappa shape index (κ2) is 3.68. The van der Waals surface area contributed by atoms with Crippen LogP contribution < -0.4 is 0 Å². The molecule has 0 aromatic carbocycles. The van der Waals surface area contributed by atoms with Gasteiger partial charge in [0.1, 0.15) is 0 Å². The van der Waals surface area contributed by atoms with Gasteiger partial charge in [-0.2, -0.15) is 5.10 Å². The van der Waals surface area contributed by atoms with Gasteiger partial charge in [-0.15, -0.1) is 0 Å². The van der Waals surface area contributed by atoms with Gasteiger partial charge in [0.25, 0.3) is 0 Å². The molecule has 1 fully saturated rings. The zero-order chi connectivity index (χ0) is 10.9. The van der Waals surface area contributed by atoms with Crippen molar-refractivity contribution >= 4 is 5.91 Å². The molecule has 1 saturated heterocycles. The molecule has 4 heteroatoms. The van der Waals surface area contributed by atoms with Gasteiger partial charge in [0.15, 0.2) is 0 Å². The Labute approximate surface area is 89.7 Å². The van der Waals surface area contributed by atoms with E-state index in [0.29, 0.717) is 0 Å². The van der Waals surface area contributed by atoms with E-state index in [0.717, 1.165) is 31.6 Å². The lowest BCUT2D eigenvalue weighted by Crippen LogP contribution is -2.46. The van der Waals surface area contributed by atoms with Crippen LogP contribution in [-0.4, -0.2) is 34.1 Å². The van der Waals surface area contributed by atoms with Crippen molar-refractivity contribution in [3.05, 3.63) is 18.0 Å². The lowest BCUT2D eigenvalue weighted by Gasteiger charge is -2.39. The van der Waals surface area contributed by atoms with E-state index < -0.39 is 0 Å². The number of nitrogens with zero attached hydrogens (tertiary/aromatic N) is 2. The zero-order valence-corrected chi connectivity index (χ0v) is 9.29. The van der Waals surface area contributed by atoms with E-state index in [1.807, 2.05) is 11.0 Å². The highest BCUT2D eigenvalue weighted by atomic mass is 16.2. The molecule has 2 rings (SSSR count). The maximum absolute atomic E-state index is 11.4.